The molecule has 130 valence electrons. The fraction of sp³-hybridized carbons (Fsp3) is 0.0952. The molecule has 26 heavy (non-hydrogen) atoms. The van der Waals surface area contributed by atoms with E-state index in [0.717, 1.165) is 16.5 Å². The van der Waals surface area contributed by atoms with Gasteiger partial charge < -0.3 is 10.1 Å². The minimum Gasteiger partial charge on any atom is -0.480 e. The second-order valence-electron chi connectivity index (χ2n) is 5.40. The van der Waals surface area contributed by atoms with Crippen molar-refractivity contribution in [3.05, 3.63) is 77.1 Å². The second kappa shape index (κ2) is 8.37. The quantitative estimate of drug-likeness (QED) is 0.692. The Morgan fingerprint density at radius 3 is 2.65 bits per heavy atom. The lowest BCUT2D eigenvalue weighted by Crippen LogP contribution is -2.25. The van der Waals surface area contributed by atoms with E-state index in [1.165, 1.54) is 18.2 Å². The normalized spacial score (nSPS) is 10.1. The number of fused-ring (bicyclic) bond motifs is 1. The molecule has 3 aromatic rings. The number of halogens is 2. The average molecular weight is 368 g/mol. The number of hydrogen-bond donors (Lipinski definition) is 1. The molecule has 0 heterocycles. The fourth-order valence-corrected chi connectivity index (χ4v) is 2.73. The maximum Gasteiger partial charge on any atom is 0.256 e. The van der Waals surface area contributed by atoms with Gasteiger partial charge in [0.2, 0.25) is 0 Å². The molecule has 0 aliphatic carbocycles. The van der Waals surface area contributed by atoms with Crippen LogP contribution in [-0.4, -0.2) is 19.1 Å². The molecule has 0 aliphatic heterocycles. The summed E-state index contributed by atoms with van der Waals surface area (Å²) in [6, 6.07) is 17.8. The summed E-state index contributed by atoms with van der Waals surface area (Å²) in [6.45, 7) is 0.257. The molecule has 0 aliphatic rings. The number of ether oxygens (including phenoxy) is 1. The second-order valence-corrected chi connectivity index (χ2v) is 5.81. The minimum atomic E-state index is -0.665. The molecular weight excluding hydrogens is 353 g/mol. The molecule has 0 saturated carbocycles. The number of amides is 1. The molecule has 0 spiro atoms. The zero-order valence-electron chi connectivity index (χ0n) is 13.8. The van der Waals surface area contributed by atoms with E-state index in [4.69, 9.17) is 16.3 Å². The van der Waals surface area contributed by atoms with Gasteiger partial charge in [0.25, 0.3) is 5.91 Å². The van der Waals surface area contributed by atoms with E-state index in [2.05, 4.69) is 17.2 Å². The van der Waals surface area contributed by atoms with Crippen molar-refractivity contribution in [1.29, 1.82) is 0 Å². The fourth-order valence-electron chi connectivity index (χ4n) is 2.48. The van der Waals surface area contributed by atoms with E-state index in [1.807, 2.05) is 42.5 Å². The summed E-state index contributed by atoms with van der Waals surface area (Å²) >= 11 is 5.85. The van der Waals surface area contributed by atoms with Crippen LogP contribution in [0.5, 0.6) is 5.75 Å². The van der Waals surface area contributed by atoms with E-state index in [0.29, 0.717) is 0 Å². The van der Waals surface area contributed by atoms with Gasteiger partial charge in [-0.1, -0.05) is 65.9 Å². The van der Waals surface area contributed by atoms with E-state index in [-0.39, 0.29) is 23.7 Å². The molecule has 3 rings (SSSR count). The molecule has 0 aromatic heterocycles. The first-order valence-corrected chi connectivity index (χ1v) is 8.33. The van der Waals surface area contributed by atoms with Crippen molar-refractivity contribution in [3.63, 3.8) is 0 Å². The summed E-state index contributed by atoms with van der Waals surface area (Å²) in [4.78, 5) is 12.0. The van der Waals surface area contributed by atoms with Crippen LogP contribution in [0.25, 0.3) is 10.8 Å². The molecular formula is C21H15ClFNO2. The van der Waals surface area contributed by atoms with E-state index in [9.17, 15) is 9.18 Å². The van der Waals surface area contributed by atoms with Gasteiger partial charge in [-0.25, -0.2) is 4.39 Å². The maximum absolute atomic E-state index is 13.6. The lowest BCUT2D eigenvalue weighted by Gasteiger charge is -2.06. The van der Waals surface area contributed by atoms with Crippen LogP contribution < -0.4 is 10.1 Å². The first-order chi connectivity index (χ1) is 12.7. The molecule has 5 heteroatoms. The number of benzene rings is 3. The molecule has 0 unspecified atom stereocenters. The number of carbonyl (C=O) groups excluding carboxylic acids is 1. The lowest BCUT2D eigenvalue weighted by molar-refractivity contribution is 0.0955. The zero-order chi connectivity index (χ0) is 18.4. The predicted octanol–water partition coefficient (Wildman–Crippen LogP) is 4.44. The molecule has 1 N–H and O–H groups in total. The smallest absolute Gasteiger partial charge is 0.256 e. The number of nitrogens with one attached hydrogen (secondary N) is 1. The number of carbonyl (C=O) groups is 1. The van der Waals surface area contributed by atoms with Gasteiger partial charge in [0, 0.05) is 5.39 Å². The largest absolute Gasteiger partial charge is 0.480 e. The summed E-state index contributed by atoms with van der Waals surface area (Å²) < 4.78 is 19.3. The third kappa shape index (κ3) is 4.14. The highest BCUT2D eigenvalue weighted by Crippen LogP contribution is 2.24. The monoisotopic (exact) mass is 367 g/mol. The Labute approximate surface area is 155 Å². The maximum atomic E-state index is 13.6. The third-order valence-corrected chi connectivity index (χ3v) is 4.02. The van der Waals surface area contributed by atoms with Gasteiger partial charge >= 0.3 is 0 Å². The SMILES string of the molecule is O=C(NCC#CCOc1cccc2ccccc12)c1c(F)cccc1Cl. The Hall–Kier alpha value is -3.03. The molecule has 0 saturated heterocycles. The van der Waals surface area contributed by atoms with Gasteiger partial charge in [-0.2, -0.15) is 0 Å². The summed E-state index contributed by atoms with van der Waals surface area (Å²) in [5.74, 6) is 5.08. The highest BCUT2D eigenvalue weighted by Gasteiger charge is 2.14. The Bertz CT molecular complexity index is 982. The summed E-state index contributed by atoms with van der Waals surface area (Å²) in [6.07, 6.45) is 0. The van der Waals surface area contributed by atoms with Crippen LogP contribution in [0.2, 0.25) is 5.02 Å². The van der Waals surface area contributed by atoms with Crippen LogP contribution in [0.3, 0.4) is 0 Å². The van der Waals surface area contributed by atoms with Gasteiger partial charge in [0.15, 0.2) is 0 Å². The van der Waals surface area contributed by atoms with Crippen molar-refractivity contribution < 1.29 is 13.9 Å². The Morgan fingerprint density at radius 2 is 1.81 bits per heavy atom. The van der Waals surface area contributed by atoms with Gasteiger partial charge in [0.05, 0.1) is 17.1 Å². The third-order valence-electron chi connectivity index (χ3n) is 3.70. The summed E-state index contributed by atoms with van der Waals surface area (Å²) in [7, 11) is 0. The van der Waals surface area contributed by atoms with Crippen molar-refractivity contribution >= 4 is 28.3 Å². The molecule has 1 amide bonds. The van der Waals surface area contributed by atoms with Gasteiger partial charge in [-0.3, -0.25) is 4.79 Å². The van der Waals surface area contributed by atoms with Crippen molar-refractivity contribution in [2.75, 3.05) is 13.2 Å². The van der Waals surface area contributed by atoms with Crippen LogP contribution in [0.4, 0.5) is 4.39 Å². The van der Waals surface area contributed by atoms with Gasteiger partial charge in [-0.05, 0) is 23.6 Å². The van der Waals surface area contributed by atoms with E-state index >= 15 is 0 Å². The van der Waals surface area contributed by atoms with Crippen LogP contribution in [-0.2, 0) is 0 Å². The van der Waals surface area contributed by atoms with Crippen molar-refractivity contribution in [1.82, 2.24) is 5.32 Å². The molecule has 0 fully saturated rings. The number of hydrogen-bond acceptors (Lipinski definition) is 2. The molecule has 0 radical (unpaired) electrons. The molecule has 3 nitrogen and oxygen atoms in total. The van der Waals surface area contributed by atoms with Crippen molar-refractivity contribution in [3.8, 4) is 17.6 Å². The van der Waals surface area contributed by atoms with Gasteiger partial charge in [0.1, 0.15) is 18.2 Å². The number of rotatable bonds is 4. The van der Waals surface area contributed by atoms with Crippen LogP contribution in [0.1, 0.15) is 10.4 Å². The first-order valence-electron chi connectivity index (χ1n) is 7.95. The summed E-state index contributed by atoms with van der Waals surface area (Å²) in [5, 5.41) is 4.68. The Balaban J connectivity index is 1.54. The highest BCUT2D eigenvalue weighted by atomic mass is 35.5. The molecule has 3 aromatic carbocycles. The topological polar surface area (TPSA) is 38.3 Å². The standard InChI is InChI=1S/C21H15ClFNO2/c22-17-10-6-11-18(23)20(17)21(25)24-13-3-4-14-26-19-12-5-8-15-7-1-2-9-16(15)19/h1-2,5-12H,13-14H2,(H,24,25). The van der Waals surface area contributed by atoms with Crippen LogP contribution in [0, 0.1) is 17.7 Å². The minimum absolute atomic E-state index is 0.0646. The zero-order valence-corrected chi connectivity index (χ0v) is 14.5. The van der Waals surface area contributed by atoms with Crippen LogP contribution >= 0.6 is 11.6 Å². The van der Waals surface area contributed by atoms with Crippen molar-refractivity contribution in [2.24, 2.45) is 0 Å². The summed E-state index contributed by atoms with van der Waals surface area (Å²) in [5.41, 5.74) is -0.178. The van der Waals surface area contributed by atoms with Gasteiger partial charge in [-0.15, -0.1) is 0 Å². The van der Waals surface area contributed by atoms with Crippen molar-refractivity contribution in [2.45, 2.75) is 0 Å². The average Bonchev–Trinajstić information content (AvgIpc) is 2.64. The lowest BCUT2D eigenvalue weighted by atomic mass is 10.1. The Kier molecular flexibility index (Phi) is 5.73. The Morgan fingerprint density at radius 1 is 1.04 bits per heavy atom. The predicted molar refractivity (Wildman–Crippen MR) is 101 cm³/mol. The highest BCUT2D eigenvalue weighted by molar-refractivity contribution is 6.33. The molecule has 0 bridgehead atoms. The first kappa shape index (κ1) is 17.8. The van der Waals surface area contributed by atoms with Crippen LogP contribution in [0.15, 0.2) is 60.7 Å². The van der Waals surface area contributed by atoms with E-state index < -0.39 is 11.7 Å². The molecule has 0 atom stereocenters. The van der Waals surface area contributed by atoms with E-state index in [1.54, 1.807) is 0 Å².